The van der Waals surface area contributed by atoms with E-state index < -0.39 is 0 Å². The molecule has 2 nitrogen and oxygen atoms in total. The lowest BCUT2D eigenvalue weighted by Gasteiger charge is -2.36. The molecule has 3 rings (SSSR count). The van der Waals surface area contributed by atoms with Crippen LogP contribution in [0.2, 0.25) is 5.02 Å². The number of hydrogen-bond donors (Lipinski definition) is 1. The van der Waals surface area contributed by atoms with E-state index in [0.717, 1.165) is 43.0 Å². The topological polar surface area (TPSA) is 21.3 Å². The summed E-state index contributed by atoms with van der Waals surface area (Å²) in [6.07, 6.45) is 3.02. The second-order valence-electron chi connectivity index (χ2n) is 7.70. The molecule has 0 saturated carbocycles. The van der Waals surface area contributed by atoms with Crippen molar-refractivity contribution in [1.82, 2.24) is 5.32 Å². The van der Waals surface area contributed by atoms with Gasteiger partial charge in [-0.3, -0.25) is 0 Å². The minimum atomic E-state index is -0.203. The number of ether oxygens (including phenoxy) is 1. The molecule has 0 amide bonds. The number of hydrogen-bond acceptors (Lipinski definition) is 2. The molecule has 2 aromatic rings. The predicted molar refractivity (Wildman–Crippen MR) is 105 cm³/mol. The third kappa shape index (κ3) is 5.29. The Balaban J connectivity index is 1.68. The van der Waals surface area contributed by atoms with E-state index in [2.05, 4.69) is 31.3 Å². The van der Waals surface area contributed by atoms with Crippen molar-refractivity contribution in [3.05, 3.63) is 70.5 Å². The highest BCUT2D eigenvalue weighted by Gasteiger charge is 2.28. The van der Waals surface area contributed by atoms with Crippen LogP contribution in [0.15, 0.2) is 48.5 Å². The van der Waals surface area contributed by atoms with Gasteiger partial charge in [0.1, 0.15) is 5.82 Å². The summed E-state index contributed by atoms with van der Waals surface area (Å²) < 4.78 is 19.1. The van der Waals surface area contributed by atoms with Crippen LogP contribution in [0.3, 0.4) is 0 Å². The van der Waals surface area contributed by atoms with Gasteiger partial charge in [-0.25, -0.2) is 4.39 Å². The molecule has 0 aliphatic carbocycles. The summed E-state index contributed by atoms with van der Waals surface area (Å²) in [6, 6.07) is 15.3. The molecule has 1 N–H and O–H groups in total. The minimum absolute atomic E-state index is 0.0531. The van der Waals surface area contributed by atoms with Crippen molar-refractivity contribution in [3.63, 3.8) is 0 Å². The molecule has 0 spiro atoms. The molecule has 0 bridgehead atoms. The highest BCUT2D eigenvalue weighted by atomic mass is 35.5. The molecule has 26 heavy (non-hydrogen) atoms. The Kier molecular flexibility index (Phi) is 6.33. The van der Waals surface area contributed by atoms with Crippen molar-refractivity contribution >= 4 is 11.6 Å². The third-order valence-electron chi connectivity index (χ3n) is 5.11. The van der Waals surface area contributed by atoms with Gasteiger partial charge in [0.05, 0.1) is 5.60 Å². The number of halogens is 2. The van der Waals surface area contributed by atoms with E-state index in [1.807, 2.05) is 24.3 Å². The average molecular weight is 376 g/mol. The summed E-state index contributed by atoms with van der Waals surface area (Å²) in [5.74, 6) is 0.0133. The molecule has 140 valence electrons. The lowest BCUT2D eigenvalue weighted by Crippen LogP contribution is -2.44. The molecule has 0 aromatic heterocycles. The lowest BCUT2D eigenvalue weighted by molar-refractivity contribution is -0.0628. The first kappa shape index (κ1) is 19.3. The molecule has 0 radical (unpaired) electrons. The highest BCUT2D eigenvalue weighted by molar-refractivity contribution is 6.30. The fourth-order valence-electron chi connectivity index (χ4n) is 3.75. The molecule has 0 unspecified atom stereocenters. The normalized spacial score (nSPS) is 20.7. The molecule has 2 aromatic carbocycles. The quantitative estimate of drug-likeness (QED) is 0.714. The highest BCUT2D eigenvalue weighted by Crippen LogP contribution is 2.29. The van der Waals surface area contributed by atoms with Crippen LogP contribution >= 0.6 is 11.6 Å². The maximum atomic E-state index is 13.3. The number of nitrogens with one attached hydrogen (secondary N) is 1. The predicted octanol–water partition coefficient (Wildman–Crippen LogP) is 5.55. The van der Waals surface area contributed by atoms with Crippen molar-refractivity contribution in [3.8, 4) is 0 Å². The van der Waals surface area contributed by atoms with Gasteiger partial charge in [-0.2, -0.15) is 0 Å². The van der Waals surface area contributed by atoms with Crippen LogP contribution in [0.25, 0.3) is 0 Å². The Labute approximate surface area is 160 Å². The third-order valence-corrected chi connectivity index (χ3v) is 5.36. The van der Waals surface area contributed by atoms with Gasteiger partial charge in [-0.1, -0.05) is 35.9 Å². The fraction of sp³-hybridized carbons (Fsp3) is 0.455. The first-order valence-corrected chi connectivity index (χ1v) is 9.69. The zero-order valence-electron chi connectivity index (χ0n) is 15.5. The monoisotopic (exact) mass is 375 g/mol. The van der Waals surface area contributed by atoms with Crippen LogP contribution in [0.1, 0.15) is 50.2 Å². The van der Waals surface area contributed by atoms with E-state index in [1.54, 1.807) is 0 Å². The van der Waals surface area contributed by atoms with Gasteiger partial charge in [-0.15, -0.1) is 0 Å². The van der Waals surface area contributed by atoms with Crippen molar-refractivity contribution in [2.75, 3.05) is 13.2 Å². The van der Waals surface area contributed by atoms with Gasteiger partial charge in [0.15, 0.2) is 0 Å². The lowest BCUT2D eigenvalue weighted by atomic mass is 9.88. The first-order chi connectivity index (χ1) is 12.4. The van der Waals surface area contributed by atoms with E-state index in [-0.39, 0.29) is 17.3 Å². The van der Waals surface area contributed by atoms with E-state index in [9.17, 15) is 4.39 Å². The summed E-state index contributed by atoms with van der Waals surface area (Å²) in [4.78, 5) is 0. The van der Waals surface area contributed by atoms with Gasteiger partial charge in [-0.05, 0) is 75.0 Å². The van der Waals surface area contributed by atoms with Gasteiger partial charge < -0.3 is 10.1 Å². The van der Waals surface area contributed by atoms with E-state index >= 15 is 0 Å². The zero-order valence-corrected chi connectivity index (χ0v) is 16.2. The van der Waals surface area contributed by atoms with E-state index in [0.29, 0.717) is 6.04 Å². The Bertz CT molecular complexity index is 654. The van der Waals surface area contributed by atoms with Gasteiger partial charge in [0, 0.05) is 23.6 Å². The van der Waals surface area contributed by atoms with Crippen LogP contribution in [-0.4, -0.2) is 24.8 Å². The van der Waals surface area contributed by atoms with Crippen molar-refractivity contribution in [2.45, 2.75) is 50.7 Å². The van der Waals surface area contributed by atoms with Gasteiger partial charge in [0.2, 0.25) is 0 Å². The maximum absolute atomic E-state index is 13.3. The number of benzene rings is 2. The summed E-state index contributed by atoms with van der Waals surface area (Å²) in [6.45, 7) is 6.01. The van der Waals surface area contributed by atoms with Crippen LogP contribution in [-0.2, 0) is 4.74 Å². The van der Waals surface area contributed by atoms with E-state index in [1.165, 1.54) is 17.7 Å². The molecule has 1 heterocycles. The van der Waals surface area contributed by atoms with Crippen molar-refractivity contribution in [2.24, 2.45) is 0 Å². The molecule has 4 heteroatoms. The standard InChI is InChI=1S/C22H27ClFNO/c1-22(2)15-20(12-14-26-22)25-13-11-21(16-3-7-18(23)8-4-16)17-5-9-19(24)10-6-17/h3-10,20-21,25H,11-15H2,1-2H3/t20-,21+/m0/s1. The van der Waals surface area contributed by atoms with Gasteiger partial charge >= 0.3 is 0 Å². The van der Waals surface area contributed by atoms with Crippen molar-refractivity contribution in [1.29, 1.82) is 0 Å². The molecule has 1 aliphatic heterocycles. The maximum Gasteiger partial charge on any atom is 0.123 e. The molecular formula is C22H27ClFNO. The summed E-state index contributed by atoms with van der Waals surface area (Å²) in [7, 11) is 0. The Morgan fingerprint density at radius 3 is 2.35 bits per heavy atom. The van der Waals surface area contributed by atoms with Gasteiger partial charge in [0.25, 0.3) is 0 Å². The van der Waals surface area contributed by atoms with Crippen LogP contribution in [0, 0.1) is 5.82 Å². The zero-order chi connectivity index (χ0) is 18.6. The Morgan fingerprint density at radius 1 is 1.12 bits per heavy atom. The molecule has 2 atom stereocenters. The van der Waals surface area contributed by atoms with Crippen LogP contribution in [0.5, 0.6) is 0 Å². The van der Waals surface area contributed by atoms with Crippen molar-refractivity contribution < 1.29 is 9.13 Å². The number of rotatable bonds is 6. The summed E-state index contributed by atoms with van der Waals surface area (Å²) in [5, 5.41) is 4.42. The second-order valence-corrected chi connectivity index (χ2v) is 8.13. The van der Waals surface area contributed by atoms with Crippen LogP contribution in [0.4, 0.5) is 4.39 Å². The largest absolute Gasteiger partial charge is 0.375 e. The molecule has 1 saturated heterocycles. The Morgan fingerprint density at radius 2 is 1.73 bits per heavy atom. The molecule has 1 fully saturated rings. The fourth-order valence-corrected chi connectivity index (χ4v) is 3.88. The van der Waals surface area contributed by atoms with E-state index in [4.69, 9.17) is 16.3 Å². The average Bonchev–Trinajstić information content (AvgIpc) is 2.60. The Hall–Kier alpha value is -1.42. The second kappa shape index (κ2) is 8.51. The molecule has 1 aliphatic rings. The summed E-state index contributed by atoms with van der Waals surface area (Å²) >= 11 is 6.04. The molecular weight excluding hydrogens is 349 g/mol. The minimum Gasteiger partial charge on any atom is -0.375 e. The van der Waals surface area contributed by atoms with Crippen LogP contribution < -0.4 is 5.32 Å². The SMILES string of the molecule is CC1(C)C[C@@H](NCC[C@@H](c2ccc(F)cc2)c2ccc(Cl)cc2)CCO1. The summed E-state index contributed by atoms with van der Waals surface area (Å²) in [5.41, 5.74) is 2.28. The smallest absolute Gasteiger partial charge is 0.123 e. The first-order valence-electron chi connectivity index (χ1n) is 9.31.